The topological polar surface area (TPSA) is 70.7 Å². The van der Waals surface area contributed by atoms with Crippen molar-refractivity contribution in [3.63, 3.8) is 0 Å². The van der Waals surface area contributed by atoms with Crippen molar-refractivity contribution in [2.75, 3.05) is 14.2 Å². The van der Waals surface area contributed by atoms with Gasteiger partial charge < -0.3 is 13.9 Å². The number of oxazole rings is 1. The summed E-state index contributed by atoms with van der Waals surface area (Å²) in [6.45, 7) is 0. The predicted octanol–water partition coefficient (Wildman–Crippen LogP) is 2.95. The van der Waals surface area contributed by atoms with Gasteiger partial charge >= 0.3 is 5.76 Å². The molecule has 1 heterocycles. The van der Waals surface area contributed by atoms with E-state index in [-0.39, 0.29) is 11.1 Å². The molecule has 0 aliphatic carbocycles. The molecule has 118 valence electrons. The van der Waals surface area contributed by atoms with Crippen LogP contribution < -0.4 is 15.2 Å². The van der Waals surface area contributed by atoms with Crippen molar-refractivity contribution in [3.05, 3.63) is 57.5 Å². The molecule has 23 heavy (non-hydrogen) atoms. The predicted molar refractivity (Wildman–Crippen MR) is 84.8 cm³/mol. The van der Waals surface area contributed by atoms with Crippen LogP contribution in [0, 0.1) is 0 Å². The molecule has 0 amide bonds. The molecule has 0 unspecified atom stereocenters. The van der Waals surface area contributed by atoms with Crippen molar-refractivity contribution >= 4 is 28.6 Å². The standard InChI is InChI=1S/C16H12ClNO5/c1-21-11-5-9(6-12(8-11)22-2)15(19)18-13-7-10(17)3-4-14(13)23-16(18)20/h3-8H,1-2H3. The second kappa shape index (κ2) is 5.81. The number of carbonyl (C=O) groups excluding carboxylic acids is 1. The monoisotopic (exact) mass is 333 g/mol. The summed E-state index contributed by atoms with van der Waals surface area (Å²) in [4.78, 5) is 24.8. The first-order chi connectivity index (χ1) is 11.0. The maximum absolute atomic E-state index is 12.7. The number of rotatable bonds is 3. The summed E-state index contributed by atoms with van der Waals surface area (Å²) in [5.41, 5.74) is 0.808. The zero-order valence-corrected chi connectivity index (χ0v) is 13.1. The molecule has 0 radical (unpaired) electrons. The molecule has 2 aromatic carbocycles. The van der Waals surface area contributed by atoms with Crippen LogP contribution >= 0.6 is 11.6 Å². The third-order valence-corrected chi connectivity index (χ3v) is 3.58. The van der Waals surface area contributed by atoms with Gasteiger partial charge in [-0.2, -0.15) is 0 Å². The number of carbonyl (C=O) groups is 1. The van der Waals surface area contributed by atoms with E-state index in [2.05, 4.69) is 0 Å². The fourth-order valence-electron chi connectivity index (χ4n) is 2.24. The molecule has 6 nitrogen and oxygen atoms in total. The van der Waals surface area contributed by atoms with Gasteiger partial charge in [-0.3, -0.25) is 4.79 Å². The number of ether oxygens (including phenoxy) is 2. The van der Waals surface area contributed by atoms with Crippen molar-refractivity contribution in [1.82, 2.24) is 4.57 Å². The van der Waals surface area contributed by atoms with E-state index >= 15 is 0 Å². The van der Waals surface area contributed by atoms with Crippen molar-refractivity contribution in [2.45, 2.75) is 0 Å². The average molecular weight is 334 g/mol. The molecule has 0 saturated carbocycles. The molecule has 0 N–H and O–H groups in total. The maximum atomic E-state index is 12.7. The van der Waals surface area contributed by atoms with Gasteiger partial charge in [-0.25, -0.2) is 9.36 Å². The normalized spacial score (nSPS) is 10.7. The molecule has 3 aromatic rings. The van der Waals surface area contributed by atoms with Gasteiger partial charge in [-0.15, -0.1) is 0 Å². The van der Waals surface area contributed by atoms with E-state index in [1.807, 2.05) is 0 Å². The first kappa shape index (κ1) is 15.2. The summed E-state index contributed by atoms with van der Waals surface area (Å²) >= 11 is 5.94. The Morgan fingerprint density at radius 1 is 1.09 bits per heavy atom. The highest BCUT2D eigenvalue weighted by Gasteiger charge is 2.19. The minimum atomic E-state index is -0.783. The zero-order valence-electron chi connectivity index (χ0n) is 12.3. The van der Waals surface area contributed by atoms with Gasteiger partial charge in [0, 0.05) is 16.7 Å². The van der Waals surface area contributed by atoms with E-state index in [9.17, 15) is 9.59 Å². The summed E-state index contributed by atoms with van der Waals surface area (Å²) in [5, 5.41) is 0.392. The van der Waals surface area contributed by atoms with Crippen molar-refractivity contribution < 1.29 is 18.7 Å². The van der Waals surface area contributed by atoms with E-state index in [1.54, 1.807) is 12.1 Å². The lowest BCUT2D eigenvalue weighted by Crippen LogP contribution is -2.23. The Morgan fingerprint density at radius 2 is 1.74 bits per heavy atom. The van der Waals surface area contributed by atoms with Gasteiger partial charge in [0.25, 0.3) is 5.91 Å². The lowest BCUT2D eigenvalue weighted by Gasteiger charge is -2.08. The zero-order chi connectivity index (χ0) is 16.6. The Morgan fingerprint density at radius 3 is 2.35 bits per heavy atom. The van der Waals surface area contributed by atoms with Gasteiger partial charge in [0.05, 0.1) is 19.7 Å². The number of nitrogens with zero attached hydrogens (tertiary/aromatic N) is 1. The van der Waals surface area contributed by atoms with Crippen LogP contribution in [0.5, 0.6) is 11.5 Å². The summed E-state index contributed by atoms with van der Waals surface area (Å²) in [5.74, 6) is -0.472. The van der Waals surface area contributed by atoms with Crippen molar-refractivity contribution in [1.29, 1.82) is 0 Å². The Kier molecular flexibility index (Phi) is 3.83. The summed E-state index contributed by atoms with van der Waals surface area (Å²) in [6.07, 6.45) is 0. The Bertz CT molecular complexity index is 934. The van der Waals surface area contributed by atoms with Gasteiger partial charge in [-0.1, -0.05) is 11.6 Å². The molecule has 1 aromatic heterocycles. The second-order valence-corrected chi connectivity index (χ2v) is 5.16. The van der Waals surface area contributed by atoms with E-state index in [0.29, 0.717) is 22.0 Å². The Hall–Kier alpha value is -2.73. The Balaban J connectivity index is 2.19. The molecule has 0 aliphatic heterocycles. The van der Waals surface area contributed by atoms with Crippen molar-refractivity contribution in [3.8, 4) is 11.5 Å². The highest BCUT2D eigenvalue weighted by atomic mass is 35.5. The molecule has 0 spiro atoms. The Labute approximate surface area is 135 Å². The average Bonchev–Trinajstić information content (AvgIpc) is 2.88. The molecular weight excluding hydrogens is 322 g/mol. The molecule has 0 bridgehead atoms. The van der Waals surface area contributed by atoms with Gasteiger partial charge in [0.1, 0.15) is 11.5 Å². The van der Waals surface area contributed by atoms with Crippen LogP contribution in [0.1, 0.15) is 10.4 Å². The SMILES string of the molecule is COc1cc(OC)cc(C(=O)n2c(=O)oc3ccc(Cl)cc32)c1. The molecule has 7 heteroatoms. The minimum Gasteiger partial charge on any atom is -0.497 e. The van der Waals surface area contributed by atoms with E-state index in [0.717, 1.165) is 4.57 Å². The highest BCUT2D eigenvalue weighted by molar-refractivity contribution is 6.31. The number of hydrogen-bond acceptors (Lipinski definition) is 5. The number of fused-ring (bicyclic) bond motifs is 1. The largest absolute Gasteiger partial charge is 0.497 e. The number of benzene rings is 2. The van der Waals surface area contributed by atoms with Crippen LogP contribution in [-0.4, -0.2) is 24.7 Å². The summed E-state index contributed by atoms with van der Waals surface area (Å²) < 4.78 is 16.3. The maximum Gasteiger partial charge on any atom is 0.427 e. The third kappa shape index (κ3) is 2.68. The minimum absolute atomic E-state index is 0.228. The van der Waals surface area contributed by atoms with Gasteiger partial charge in [0.2, 0.25) is 0 Å². The highest BCUT2D eigenvalue weighted by Crippen LogP contribution is 2.24. The smallest absolute Gasteiger partial charge is 0.427 e. The van der Waals surface area contributed by atoms with Crippen molar-refractivity contribution in [2.24, 2.45) is 0 Å². The lowest BCUT2D eigenvalue weighted by atomic mass is 10.2. The molecule has 3 rings (SSSR count). The van der Waals surface area contributed by atoms with E-state index < -0.39 is 11.7 Å². The van der Waals surface area contributed by atoms with E-state index in [1.165, 1.54) is 38.5 Å². The summed E-state index contributed by atoms with van der Waals surface area (Å²) in [7, 11) is 2.95. The quantitative estimate of drug-likeness (QED) is 0.737. The van der Waals surface area contributed by atoms with Gasteiger partial charge in [0.15, 0.2) is 5.58 Å². The van der Waals surface area contributed by atoms with Crippen LogP contribution in [-0.2, 0) is 0 Å². The first-order valence-corrected chi connectivity index (χ1v) is 7.00. The van der Waals surface area contributed by atoms with Crippen LogP contribution in [0.3, 0.4) is 0 Å². The van der Waals surface area contributed by atoms with Crippen LogP contribution in [0.4, 0.5) is 0 Å². The molecule has 0 saturated heterocycles. The van der Waals surface area contributed by atoms with Crippen LogP contribution in [0.15, 0.2) is 45.6 Å². The van der Waals surface area contributed by atoms with E-state index in [4.69, 9.17) is 25.5 Å². The molecular formula is C16H12ClNO5. The lowest BCUT2D eigenvalue weighted by molar-refractivity contribution is 0.0956. The van der Waals surface area contributed by atoms with Gasteiger partial charge in [-0.05, 0) is 30.3 Å². The summed E-state index contributed by atoms with van der Waals surface area (Å²) in [6, 6.07) is 9.27. The molecule has 0 aliphatic rings. The second-order valence-electron chi connectivity index (χ2n) is 4.72. The third-order valence-electron chi connectivity index (χ3n) is 3.34. The first-order valence-electron chi connectivity index (χ1n) is 6.62. The number of methoxy groups -OCH3 is 2. The number of aromatic nitrogens is 1. The number of halogens is 1. The molecule has 0 atom stereocenters. The fraction of sp³-hybridized carbons (Fsp3) is 0.125. The fourth-order valence-corrected chi connectivity index (χ4v) is 2.41. The number of hydrogen-bond donors (Lipinski definition) is 0. The van der Waals surface area contributed by atoms with Crippen LogP contribution in [0.2, 0.25) is 5.02 Å². The molecule has 0 fully saturated rings. The van der Waals surface area contributed by atoms with Crippen LogP contribution in [0.25, 0.3) is 11.1 Å².